The summed E-state index contributed by atoms with van der Waals surface area (Å²) in [4.78, 5) is 16.1. The third-order valence-corrected chi connectivity index (χ3v) is 3.91. The molecular formula is C18H18N2O3. The lowest BCUT2D eigenvalue weighted by Crippen LogP contribution is -2.04. The van der Waals surface area contributed by atoms with Gasteiger partial charge in [0.25, 0.3) is 0 Å². The first-order valence-corrected chi connectivity index (χ1v) is 7.44. The number of para-hydroxylation sites is 1. The molecule has 0 amide bonds. The zero-order valence-electron chi connectivity index (χ0n) is 13.3. The van der Waals surface area contributed by atoms with Gasteiger partial charge < -0.3 is 14.4 Å². The lowest BCUT2D eigenvalue weighted by atomic mass is 10.1. The quantitative estimate of drug-likeness (QED) is 0.797. The van der Waals surface area contributed by atoms with E-state index in [1.807, 2.05) is 38.1 Å². The number of nitrogens with zero attached hydrogens (tertiary/aromatic N) is 2. The first-order valence-electron chi connectivity index (χ1n) is 7.44. The van der Waals surface area contributed by atoms with Crippen LogP contribution in [0.1, 0.15) is 22.8 Å². The Morgan fingerprint density at radius 1 is 1.30 bits per heavy atom. The standard InChI is InChI=1S/C18H18N2O3/c1-4-20-15-9-8-11(2)10-14(15)19-17(20)12-6-5-7-13(18(21)22)16(12)23-3/h5-10H,4H2,1-3H3,(H,21,22). The summed E-state index contributed by atoms with van der Waals surface area (Å²) >= 11 is 0. The molecule has 0 aliphatic carbocycles. The Hall–Kier alpha value is -2.82. The lowest BCUT2D eigenvalue weighted by Gasteiger charge is -2.12. The highest BCUT2D eigenvalue weighted by molar-refractivity contribution is 5.94. The van der Waals surface area contributed by atoms with E-state index in [1.165, 1.54) is 13.2 Å². The fourth-order valence-electron chi connectivity index (χ4n) is 2.87. The number of fused-ring (bicyclic) bond motifs is 1. The predicted molar refractivity (Wildman–Crippen MR) is 89.1 cm³/mol. The number of benzene rings is 2. The Kier molecular flexibility index (Phi) is 3.78. The Balaban J connectivity index is 2.32. The highest BCUT2D eigenvalue weighted by Gasteiger charge is 2.20. The van der Waals surface area contributed by atoms with Crippen molar-refractivity contribution >= 4 is 17.0 Å². The molecule has 0 aliphatic rings. The average molecular weight is 310 g/mol. The van der Waals surface area contributed by atoms with E-state index in [9.17, 15) is 9.90 Å². The fourth-order valence-corrected chi connectivity index (χ4v) is 2.87. The van der Waals surface area contributed by atoms with E-state index < -0.39 is 5.97 Å². The summed E-state index contributed by atoms with van der Waals surface area (Å²) in [5, 5.41) is 9.36. The Bertz CT molecular complexity index is 897. The number of hydrogen-bond donors (Lipinski definition) is 1. The van der Waals surface area contributed by atoms with Crippen LogP contribution in [-0.4, -0.2) is 27.7 Å². The summed E-state index contributed by atoms with van der Waals surface area (Å²) in [5.41, 5.74) is 3.87. The highest BCUT2D eigenvalue weighted by Crippen LogP contribution is 2.34. The van der Waals surface area contributed by atoms with Crippen molar-refractivity contribution in [3.63, 3.8) is 0 Å². The summed E-state index contributed by atoms with van der Waals surface area (Å²) in [6.45, 7) is 4.79. The highest BCUT2D eigenvalue weighted by atomic mass is 16.5. The number of imidazole rings is 1. The number of hydrogen-bond acceptors (Lipinski definition) is 3. The van der Waals surface area contributed by atoms with Crippen LogP contribution in [0.3, 0.4) is 0 Å². The van der Waals surface area contributed by atoms with Gasteiger partial charge in [-0.15, -0.1) is 0 Å². The SMILES string of the molecule is CCn1c(-c2cccc(C(=O)O)c2OC)nc2cc(C)ccc21. The molecular weight excluding hydrogens is 292 g/mol. The van der Waals surface area contributed by atoms with Crippen LogP contribution < -0.4 is 4.74 Å². The van der Waals surface area contributed by atoms with Gasteiger partial charge in [-0.2, -0.15) is 0 Å². The molecule has 0 aliphatic heterocycles. The van der Waals surface area contributed by atoms with Crippen LogP contribution in [0.25, 0.3) is 22.4 Å². The fraction of sp³-hybridized carbons (Fsp3) is 0.222. The molecule has 0 fully saturated rings. The van der Waals surface area contributed by atoms with Gasteiger partial charge in [-0.25, -0.2) is 9.78 Å². The van der Waals surface area contributed by atoms with Gasteiger partial charge in [-0.05, 0) is 43.7 Å². The predicted octanol–water partition coefficient (Wildman–Crippen LogP) is 3.74. The summed E-state index contributed by atoms with van der Waals surface area (Å²) in [6, 6.07) is 11.2. The molecule has 23 heavy (non-hydrogen) atoms. The Morgan fingerprint density at radius 3 is 2.74 bits per heavy atom. The zero-order valence-corrected chi connectivity index (χ0v) is 13.3. The molecule has 1 heterocycles. The number of rotatable bonds is 4. The van der Waals surface area contributed by atoms with E-state index in [0.717, 1.165) is 23.1 Å². The summed E-state index contributed by atoms with van der Waals surface area (Å²) in [6.07, 6.45) is 0. The third-order valence-electron chi connectivity index (χ3n) is 3.91. The minimum absolute atomic E-state index is 0.135. The van der Waals surface area contributed by atoms with Crippen LogP contribution >= 0.6 is 0 Å². The van der Waals surface area contributed by atoms with Gasteiger partial charge in [0.1, 0.15) is 17.1 Å². The monoisotopic (exact) mass is 310 g/mol. The largest absolute Gasteiger partial charge is 0.495 e. The van der Waals surface area contributed by atoms with Gasteiger partial charge in [0.05, 0.1) is 23.7 Å². The van der Waals surface area contributed by atoms with Crippen LogP contribution in [0.15, 0.2) is 36.4 Å². The molecule has 0 saturated heterocycles. The Labute approximate surface area is 134 Å². The van der Waals surface area contributed by atoms with Gasteiger partial charge in [0, 0.05) is 6.54 Å². The molecule has 0 radical (unpaired) electrons. The first kappa shape index (κ1) is 15.1. The molecule has 0 atom stereocenters. The van der Waals surface area contributed by atoms with Crippen molar-refractivity contribution in [2.45, 2.75) is 20.4 Å². The molecule has 3 aromatic rings. The number of carboxylic acid groups (broad SMARTS) is 1. The van der Waals surface area contributed by atoms with E-state index >= 15 is 0 Å². The number of aromatic carboxylic acids is 1. The molecule has 0 spiro atoms. The van der Waals surface area contributed by atoms with Crippen molar-refractivity contribution in [1.29, 1.82) is 0 Å². The number of carboxylic acids is 1. The summed E-state index contributed by atoms with van der Waals surface area (Å²) in [7, 11) is 1.48. The molecule has 3 rings (SSSR count). The van der Waals surface area contributed by atoms with Gasteiger partial charge >= 0.3 is 5.97 Å². The molecule has 1 aromatic heterocycles. The van der Waals surface area contributed by atoms with Crippen molar-refractivity contribution in [3.8, 4) is 17.1 Å². The summed E-state index contributed by atoms with van der Waals surface area (Å²) < 4.78 is 7.44. The van der Waals surface area contributed by atoms with Crippen LogP contribution in [0.2, 0.25) is 0 Å². The Morgan fingerprint density at radius 2 is 2.09 bits per heavy atom. The van der Waals surface area contributed by atoms with E-state index in [1.54, 1.807) is 6.07 Å². The smallest absolute Gasteiger partial charge is 0.339 e. The topological polar surface area (TPSA) is 64.4 Å². The van der Waals surface area contributed by atoms with Crippen LogP contribution in [0, 0.1) is 6.92 Å². The second-order valence-electron chi connectivity index (χ2n) is 5.36. The number of methoxy groups -OCH3 is 1. The van der Waals surface area contributed by atoms with Crippen LogP contribution in [-0.2, 0) is 6.54 Å². The van der Waals surface area contributed by atoms with Crippen LogP contribution in [0.5, 0.6) is 5.75 Å². The van der Waals surface area contributed by atoms with E-state index in [2.05, 4.69) is 4.57 Å². The van der Waals surface area contributed by atoms with Crippen molar-refractivity contribution in [2.75, 3.05) is 7.11 Å². The maximum absolute atomic E-state index is 11.4. The number of aryl methyl sites for hydroxylation is 2. The second kappa shape index (κ2) is 5.76. The maximum Gasteiger partial charge on any atom is 0.339 e. The average Bonchev–Trinajstić information content (AvgIpc) is 2.91. The number of aromatic nitrogens is 2. The molecule has 1 N–H and O–H groups in total. The van der Waals surface area contributed by atoms with E-state index in [4.69, 9.17) is 9.72 Å². The van der Waals surface area contributed by atoms with Crippen LogP contribution in [0.4, 0.5) is 0 Å². The van der Waals surface area contributed by atoms with Gasteiger partial charge in [0.2, 0.25) is 0 Å². The van der Waals surface area contributed by atoms with E-state index in [0.29, 0.717) is 17.1 Å². The third kappa shape index (κ3) is 2.44. The molecule has 5 nitrogen and oxygen atoms in total. The number of ether oxygens (including phenoxy) is 1. The normalized spacial score (nSPS) is 10.9. The van der Waals surface area contributed by atoms with E-state index in [-0.39, 0.29) is 5.56 Å². The minimum atomic E-state index is -1.02. The first-order chi connectivity index (χ1) is 11.1. The van der Waals surface area contributed by atoms with Crippen molar-refractivity contribution in [1.82, 2.24) is 9.55 Å². The molecule has 118 valence electrons. The number of carbonyl (C=O) groups is 1. The summed E-state index contributed by atoms with van der Waals surface area (Å²) in [5.74, 6) is 0.0356. The van der Waals surface area contributed by atoms with Gasteiger partial charge in [-0.1, -0.05) is 12.1 Å². The molecule has 0 saturated carbocycles. The van der Waals surface area contributed by atoms with Crippen molar-refractivity contribution in [3.05, 3.63) is 47.5 Å². The van der Waals surface area contributed by atoms with Gasteiger partial charge in [-0.3, -0.25) is 0 Å². The molecule has 0 bridgehead atoms. The van der Waals surface area contributed by atoms with Crippen molar-refractivity contribution in [2.24, 2.45) is 0 Å². The lowest BCUT2D eigenvalue weighted by molar-refractivity contribution is 0.0693. The molecule has 0 unspecified atom stereocenters. The molecule has 2 aromatic carbocycles. The maximum atomic E-state index is 11.4. The second-order valence-corrected chi connectivity index (χ2v) is 5.36. The minimum Gasteiger partial charge on any atom is -0.495 e. The zero-order chi connectivity index (χ0) is 16.6. The molecule has 5 heteroatoms. The van der Waals surface area contributed by atoms with Crippen molar-refractivity contribution < 1.29 is 14.6 Å². The van der Waals surface area contributed by atoms with Gasteiger partial charge in [0.15, 0.2) is 0 Å².